The van der Waals surface area contributed by atoms with E-state index in [0.717, 1.165) is 16.9 Å². The van der Waals surface area contributed by atoms with E-state index in [9.17, 15) is 14.9 Å². The SMILES string of the molecule is Cc1ccc(OCn2cc(NC(=O)Cn3nc(C)c([N+](=O)[O-])c3C)cn2)c(C)c1. The Bertz CT molecular complexity index is 1070. The molecule has 0 aliphatic rings. The summed E-state index contributed by atoms with van der Waals surface area (Å²) in [6, 6.07) is 5.91. The second-order valence-corrected chi connectivity index (χ2v) is 6.79. The van der Waals surface area contributed by atoms with Crippen LogP contribution in [0.15, 0.2) is 30.6 Å². The molecule has 10 nitrogen and oxygen atoms in total. The maximum Gasteiger partial charge on any atom is 0.312 e. The number of anilines is 1. The van der Waals surface area contributed by atoms with Gasteiger partial charge in [-0.2, -0.15) is 10.2 Å². The number of nitro groups is 1. The van der Waals surface area contributed by atoms with Gasteiger partial charge < -0.3 is 10.1 Å². The molecule has 152 valence electrons. The van der Waals surface area contributed by atoms with E-state index in [1.54, 1.807) is 24.7 Å². The number of nitrogens with one attached hydrogen (secondary N) is 1. The quantitative estimate of drug-likeness (QED) is 0.483. The van der Waals surface area contributed by atoms with Gasteiger partial charge in [0, 0.05) is 0 Å². The molecule has 3 rings (SSSR count). The maximum atomic E-state index is 12.3. The van der Waals surface area contributed by atoms with Crippen molar-refractivity contribution in [2.75, 3.05) is 5.32 Å². The third kappa shape index (κ3) is 4.60. The molecule has 29 heavy (non-hydrogen) atoms. The zero-order valence-electron chi connectivity index (χ0n) is 16.7. The number of benzene rings is 1. The van der Waals surface area contributed by atoms with Crippen LogP contribution < -0.4 is 10.1 Å². The van der Waals surface area contributed by atoms with E-state index in [2.05, 4.69) is 15.5 Å². The van der Waals surface area contributed by atoms with Gasteiger partial charge in [-0.15, -0.1) is 0 Å². The molecular formula is C19H22N6O4. The van der Waals surface area contributed by atoms with Gasteiger partial charge in [0.1, 0.15) is 23.7 Å². The van der Waals surface area contributed by atoms with Crippen molar-refractivity contribution in [2.45, 2.75) is 41.0 Å². The predicted octanol–water partition coefficient (Wildman–Crippen LogP) is 2.90. The minimum Gasteiger partial charge on any atom is -0.471 e. The highest BCUT2D eigenvalue weighted by atomic mass is 16.6. The fraction of sp³-hybridized carbons (Fsp3) is 0.316. The monoisotopic (exact) mass is 398 g/mol. The summed E-state index contributed by atoms with van der Waals surface area (Å²) in [5, 5.41) is 22.0. The standard InChI is InChI=1S/C19H22N6O4/c1-12-5-6-17(13(2)7-12)29-11-23-9-16(8-20-23)21-18(26)10-24-15(4)19(25(27)28)14(3)22-24/h5-9H,10-11H2,1-4H3,(H,21,26). The van der Waals surface area contributed by atoms with E-state index in [1.165, 1.54) is 10.9 Å². The minimum absolute atomic E-state index is 0.0748. The topological polar surface area (TPSA) is 117 Å². The third-order valence-corrected chi connectivity index (χ3v) is 4.42. The number of amides is 1. The van der Waals surface area contributed by atoms with Crippen LogP contribution in [0, 0.1) is 37.8 Å². The second kappa shape index (κ2) is 8.13. The zero-order chi connectivity index (χ0) is 21.1. The van der Waals surface area contributed by atoms with Crippen LogP contribution in [-0.2, 0) is 18.1 Å². The molecule has 0 aliphatic carbocycles. The van der Waals surface area contributed by atoms with Crippen molar-refractivity contribution in [2.24, 2.45) is 0 Å². The van der Waals surface area contributed by atoms with Gasteiger partial charge in [-0.25, -0.2) is 4.68 Å². The van der Waals surface area contributed by atoms with E-state index < -0.39 is 4.92 Å². The molecule has 2 heterocycles. The Morgan fingerprint density at radius 3 is 2.69 bits per heavy atom. The molecule has 0 fully saturated rings. The van der Waals surface area contributed by atoms with E-state index in [4.69, 9.17) is 4.74 Å². The summed E-state index contributed by atoms with van der Waals surface area (Å²) in [5.41, 5.74) is 3.22. The van der Waals surface area contributed by atoms with Gasteiger partial charge in [0.25, 0.3) is 0 Å². The van der Waals surface area contributed by atoms with Gasteiger partial charge in [-0.05, 0) is 39.3 Å². The average molecular weight is 398 g/mol. The molecule has 10 heteroatoms. The first-order valence-electron chi connectivity index (χ1n) is 8.95. The lowest BCUT2D eigenvalue weighted by Gasteiger charge is -2.09. The van der Waals surface area contributed by atoms with Crippen molar-refractivity contribution in [3.05, 3.63) is 63.2 Å². The number of rotatable bonds is 7. The lowest BCUT2D eigenvalue weighted by atomic mass is 10.1. The first kappa shape index (κ1) is 20.1. The molecule has 1 N–H and O–H groups in total. The summed E-state index contributed by atoms with van der Waals surface area (Å²) in [4.78, 5) is 22.9. The second-order valence-electron chi connectivity index (χ2n) is 6.79. The number of aromatic nitrogens is 4. The van der Waals surface area contributed by atoms with Crippen molar-refractivity contribution in [3.63, 3.8) is 0 Å². The number of aryl methyl sites for hydroxylation is 3. The van der Waals surface area contributed by atoms with Gasteiger partial charge in [-0.1, -0.05) is 17.7 Å². The van der Waals surface area contributed by atoms with E-state index >= 15 is 0 Å². The van der Waals surface area contributed by atoms with E-state index in [-0.39, 0.29) is 30.6 Å². The number of carbonyl (C=O) groups is 1. The van der Waals surface area contributed by atoms with Gasteiger partial charge in [0.05, 0.1) is 23.0 Å². The predicted molar refractivity (Wildman–Crippen MR) is 106 cm³/mol. The van der Waals surface area contributed by atoms with E-state index in [0.29, 0.717) is 11.4 Å². The highest BCUT2D eigenvalue weighted by Crippen LogP contribution is 2.22. The van der Waals surface area contributed by atoms with Gasteiger partial charge in [0.15, 0.2) is 6.73 Å². The van der Waals surface area contributed by atoms with Gasteiger partial charge in [0.2, 0.25) is 5.91 Å². The van der Waals surface area contributed by atoms with Gasteiger partial charge >= 0.3 is 5.69 Å². The summed E-state index contributed by atoms with van der Waals surface area (Å²) in [7, 11) is 0. The Hall–Kier alpha value is -3.69. The first-order valence-corrected chi connectivity index (χ1v) is 8.95. The summed E-state index contributed by atoms with van der Waals surface area (Å²) < 4.78 is 8.63. The number of nitrogens with zero attached hydrogens (tertiary/aromatic N) is 5. The molecule has 3 aromatic rings. The third-order valence-electron chi connectivity index (χ3n) is 4.42. The molecule has 0 saturated carbocycles. The van der Waals surface area contributed by atoms with Crippen molar-refractivity contribution in [3.8, 4) is 5.75 Å². The number of hydrogen-bond acceptors (Lipinski definition) is 6. The zero-order valence-corrected chi connectivity index (χ0v) is 16.7. The average Bonchev–Trinajstić information content (AvgIpc) is 3.18. The van der Waals surface area contributed by atoms with Crippen LogP contribution in [0.5, 0.6) is 5.75 Å². The Kier molecular flexibility index (Phi) is 5.62. The van der Waals surface area contributed by atoms with Gasteiger partial charge in [-0.3, -0.25) is 19.6 Å². The number of hydrogen-bond donors (Lipinski definition) is 1. The fourth-order valence-corrected chi connectivity index (χ4v) is 3.04. The van der Waals surface area contributed by atoms with Crippen LogP contribution in [0.2, 0.25) is 0 Å². The first-order chi connectivity index (χ1) is 13.7. The molecule has 2 aromatic heterocycles. The highest BCUT2D eigenvalue weighted by molar-refractivity contribution is 5.90. The maximum absolute atomic E-state index is 12.3. The molecule has 0 saturated heterocycles. The highest BCUT2D eigenvalue weighted by Gasteiger charge is 2.22. The molecule has 0 atom stereocenters. The van der Waals surface area contributed by atoms with Crippen LogP contribution >= 0.6 is 0 Å². The van der Waals surface area contributed by atoms with Crippen molar-refractivity contribution in [1.82, 2.24) is 19.6 Å². The molecule has 0 aliphatic heterocycles. The Morgan fingerprint density at radius 1 is 1.28 bits per heavy atom. The molecular weight excluding hydrogens is 376 g/mol. The van der Waals surface area contributed by atoms with Crippen LogP contribution in [0.25, 0.3) is 0 Å². The Labute approximate surface area is 167 Å². The fourth-order valence-electron chi connectivity index (χ4n) is 3.04. The van der Waals surface area contributed by atoms with Crippen LogP contribution in [0.4, 0.5) is 11.4 Å². The lowest BCUT2D eigenvalue weighted by molar-refractivity contribution is -0.386. The normalized spacial score (nSPS) is 10.8. The van der Waals surface area contributed by atoms with Crippen LogP contribution in [0.1, 0.15) is 22.5 Å². The number of carbonyl (C=O) groups excluding carboxylic acids is 1. The number of ether oxygens (including phenoxy) is 1. The molecule has 0 radical (unpaired) electrons. The Morgan fingerprint density at radius 2 is 2.03 bits per heavy atom. The smallest absolute Gasteiger partial charge is 0.312 e. The summed E-state index contributed by atoms with van der Waals surface area (Å²) in [6.07, 6.45) is 3.15. The lowest BCUT2D eigenvalue weighted by Crippen LogP contribution is -2.20. The molecule has 0 bridgehead atoms. The largest absolute Gasteiger partial charge is 0.471 e. The van der Waals surface area contributed by atoms with Crippen molar-refractivity contribution < 1.29 is 14.5 Å². The van der Waals surface area contributed by atoms with E-state index in [1.807, 2.05) is 32.0 Å². The minimum atomic E-state index is -0.494. The summed E-state index contributed by atoms with van der Waals surface area (Å²) in [6.45, 7) is 7.16. The molecule has 1 amide bonds. The molecule has 0 spiro atoms. The summed E-state index contributed by atoms with van der Waals surface area (Å²) >= 11 is 0. The summed E-state index contributed by atoms with van der Waals surface area (Å²) in [5.74, 6) is 0.406. The Balaban J connectivity index is 1.59. The van der Waals surface area contributed by atoms with Crippen LogP contribution in [0.3, 0.4) is 0 Å². The van der Waals surface area contributed by atoms with Crippen molar-refractivity contribution >= 4 is 17.3 Å². The molecule has 1 aromatic carbocycles. The van der Waals surface area contributed by atoms with Crippen molar-refractivity contribution in [1.29, 1.82) is 0 Å². The molecule has 0 unspecified atom stereocenters. The van der Waals surface area contributed by atoms with Crippen LogP contribution in [-0.4, -0.2) is 30.4 Å².